The van der Waals surface area contributed by atoms with E-state index in [1.54, 1.807) is 0 Å². The molecule has 0 aromatic heterocycles. The van der Waals surface area contributed by atoms with E-state index >= 15 is 0 Å². The summed E-state index contributed by atoms with van der Waals surface area (Å²) in [7, 11) is 0. The first-order valence-electron chi connectivity index (χ1n) is 5.51. The van der Waals surface area contributed by atoms with Crippen LogP contribution in [0.25, 0.3) is 0 Å². The highest BCUT2D eigenvalue weighted by atomic mass is 16.4. The Morgan fingerprint density at radius 2 is 2.13 bits per heavy atom. The van der Waals surface area contributed by atoms with Gasteiger partial charge in [0.2, 0.25) is 0 Å². The lowest BCUT2D eigenvalue weighted by molar-refractivity contribution is 0.188. The third-order valence-corrected chi connectivity index (χ3v) is 2.14. The van der Waals surface area contributed by atoms with Gasteiger partial charge in [0.25, 0.3) is 0 Å². The highest BCUT2D eigenvalue weighted by Gasteiger charge is 2.09. The Bertz CT molecular complexity index is 165. The Morgan fingerprint density at radius 3 is 2.67 bits per heavy atom. The number of unbranched alkanes of at least 4 members (excludes halogenated alkanes) is 1. The average molecular weight is 218 g/mol. The number of hydrogen-bond donors (Lipinski definition) is 4. The second kappa shape index (κ2) is 9.73. The van der Waals surface area contributed by atoms with Gasteiger partial charge in [-0.15, -0.1) is 0 Å². The summed E-state index contributed by atoms with van der Waals surface area (Å²) in [6, 6.07) is -0.0267. The number of rotatable bonds is 9. The molecule has 5 heteroatoms. The Hall–Kier alpha value is -0.810. The standard InChI is InChI=1S/C10H22N2O3/c1-2-3-5-9(12-10(14)15)8-11-6-4-7-13/h9,11-13H,2-8H2,1H3,(H,14,15). The van der Waals surface area contributed by atoms with Crippen LogP contribution in [0.3, 0.4) is 0 Å². The lowest BCUT2D eigenvalue weighted by atomic mass is 10.1. The number of carboxylic acid groups (broad SMARTS) is 1. The molecule has 0 aliphatic heterocycles. The van der Waals surface area contributed by atoms with Crippen LogP contribution in [-0.2, 0) is 0 Å². The number of aliphatic hydroxyl groups excluding tert-OH is 1. The molecule has 0 aromatic rings. The van der Waals surface area contributed by atoms with Crippen molar-refractivity contribution in [3.05, 3.63) is 0 Å². The van der Waals surface area contributed by atoms with Gasteiger partial charge in [0.1, 0.15) is 0 Å². The van der Waals surface area contributed by atoms with Gasteiger partial charge in [0.05, 0.1) is 0 Å². The first kappa shape index (κ1) is 14.2. The van der Waals surface area contributed by atoms with E-state index < -0.39 is 6.09 Å². The minimum atomic E-state index is -0.972. The summed E-state index contributed by atoms with van der Waals surface area (Å²) in [5, 5.41) is 22.8. The van der Waals surface area contributed by atoms with Crippen molar-refractivity contribution in [1.82, 2.24) is 10.6 Å². The van der Waals surface area contributed by atoms with Crippen LogP contribution in [0.2, 0.25) is 0 Å². The van der Waals surface area contributed by atoms with Crippen molar-refractivity contribution in [2.24, 2.45) is 0 Å². The fraction of sp³-hybridized carbons (Fsp3) is 0.900. The molecule has 15 heavy (non-hydrogen) atoms. The molecule has 5 nitrogen and oxygen atoms in total. The van der Waals surface area contributed by atoms with Gasteiger partial charge in [-0.2, -0.15) is 0 Å². The minimum absolute atomic E-state index is 0.0267. The number of amides is 1. The summed E-state index contributed by atoms with van der Waals surface area (Å²) < 4.78 is 0. The van der Waals surface area contributed by atoms with Gasteiger partial charge in [-0.05, 0) is 19.4 Å². The van der Waals surface area contributed by atoms with E-state index in [9.17, 15) is 4.79 Å². The molecule has 0 aromatic carbocycles. The van der Waals surface area contributed by atoms with E-state index in [4.69, 9.17) is 10.2 Å². The van der Waals surface area contributed by atoms with Crippen LogP contribution in [0, 0.1) is 0 Å². The molecule has 0 heterocycles. The van der Waals surface area contributed by atoms with Crippen LogP contribution >= 0.6 is 0 Å². The highest BCUT2D eigenvalue weighted by Crippen LogP contribution is 1.99. The van der Waals surface area contributed by atoms with Crippen LogP contribution < -0.4 is 10.6 Å². The molecule has 0 radical (unpaired) electrons. The minimum Gasteiger partial charge on any atom is -0.465 e. The van der Waals surface area contributed by atoms with Crippen LogP contribution in [-0.4, -0.2) is 42.0 Å². The zero-order valence-electron chi connectivity index (χ0n) is 9.33. The fourth-order valence-electron chi connectivity index (χ4n) is 1.33. The number of nitrogens with one attached hydrogen (secondary N) is 2. The van der Waals surface area contributed by atoms with Gasteiger partial charge >= 0.3 is 6.09 Å². The van der Waals surface area contributed by atoms with Crippen molar-refractivity contribution in [1.29, 1.82) is 0 Å². The van der Waals surface area contributed by atoms with Crippen molar-refractivity contribution < 1.29 is 15.0 Å². The van der Waals surface area contributed by atoms with Crippen LogP contribution in [0.4, 0.5) is 4.79 Å². The molecule has 1 amide bonds. The van der Waals surface area contributed by atoms with E-state index in [1.807, 2.05) is 0 Å². The van der Waals surface area contributed by atoms with Gasteiger partial charge in [-0.1, -0.05) is 19.8 Å². The van der Waals surface area contributed by atoms with Crippen LogP contribution in [0.15, 0.2) is 0 Å². The van der Waals surface area contributed by atoms with Crippen LogP contribution in [0.5, 0.6) is 0 Å². The van der Waals surface area contributed by atoms with E-state index in [1.165, 1.54) is 0 Å². The molecule has 0 aliphatic rings. The van der Waals surface area contributed by atoms with Crippen molar-refractivity contribution >= 4 is 6.09 Å². The summed E-state index contributed by atoms with van der Waals surface area (Å²) in [6.45, 7) is 3.60. The molecule has 0 spiro atoms. The Balaban J connectivity index is 3.64. The number of aliphatic hydroxyl groups is 1. The molecular weight excluding hydrogens is 196 g/mol. The second-order valence-corrected chi connectivity index (χ2v) is 3.57. The summed E-state index contributed by atoms with van der Waals surface area (Å²) in [5.74, 6) is 0. The van der Waals surface area contributed by atoms with Crippen LogP contribution in [0.1, 0.15) is 32.6 Å². The van der Waals surface area contributed by atoms with Crippen molar-refractivity contribution in [2.75, 3.05) is 19.7 Å². The molecule has 90 valence electrons. The second-order valence-electron chi connectivity index (χ2n) is 3.57. The molecule has 0 bridgehead atoms. The quantitative estimate of drug-likeness (QED) is 0.431. The van der Waals surface area contributed by atoms with E-state index in [0.717, 1.165) is 25.8 Å². The summed E-state index contributed by atoms with van der Waals surface area (Å²) in [5.41, 5.74) is 0. The maximum Gasteiger partial charge on any atom is 0.404 e. The predicted octanol–water partition coefficient (Wildman–Crippen LogP) is 0.785. The molecule has 4 N–H and O–H groups in total. The maximum atomic E-state index is 10.5. The monoisotopic (exact) mass is 218 g/mol. The van der Waals surface area contributed by atoms with E-state index in [0.29, 0.717) is 13.0 Å². The van der Waals surface area contributed by atoms with Gasteiger partial charge in [0.15, 0.2) is 0 Å². The highest BCUT2D eigenvalue weighted by molar-refractivity contribution is 5.64. The zero-order valence-corrected chi connectivity index (χ0v) is 9.33. The van der Waals surface area contributed by atoms with Gasteiger partial charge in [-0.25, -0.2) is 4.79 Å². The lowest BCUT2D eigenvalue weighted by Gasteiger charge is -2.17. The van der Waals surface area contributed by atoms with Crippen molar-refractivity contribution in [3.8, 4) is 0 Å². The third kappa shape index (κ3) is 9.49. The summed E-state index contributed by atoms with van der Waals surface area (Å²) >= 11 is 0. The first-order valence-corrected chi connectivity index (χ1v) is 5.51. The molecule has 1 atom stereocenters. The average Bonchev–Trinajstić information content (AvgIpc) is 2.19. The fourth-order valence-corrected chi connectivity index (χ4v) is 1.33. The van der Waals surface area contributed by atoms with E-state index in [-0.39, 0.29) is 12.6 Å². The lowest BCUT2D eigenvalue weighted by Crippen LogP contribution is -2.41. The molecule has 0 rings (SSSR count). The predicted molar refractivity (Wildman–Crippen MR) is 59.0 cm³/mol. The van der Waals surface area contributed by atoms with Crippen molar-refractivity contribution in [3.63, 3.8) is 0 Å². The number of hydrogen-bond acceptors (Lipinski definition) is 3. The van der Waals surface area contributed by atoms with Gasteiger partial charge in [0, 0.05) is 19.2 Å². The number of carbonyl (C=O) groups is 1. The largest absolute Gasteiger partial charge is 0.465 e. The smallest absolute Gasteiger partial charge is 0.404 e. The van der Waals surface area contributed by atoms with E-state index in [2.05, 4.69) is 17.6 Å². The molecule has 1 unspecified atom stereocenters. The Labute approximate surface area is 90.9 Å². The third-order valence-electron chi connectivity index (χ3n) is 2.14. The SMILES string of the molecule is CCCCC(CNCCCO)NC(=O)O. The van der Waals surface area contributed by atoms with Crippen molar-refractivity contribution in [2.45, 2.75) is 38.6 Å². The molecule has 0 aliphatic carbocycles. The maximum absolute atomic E-state index is 10.5. The topological polar surface area (TPSA) is 81.6 Å². The van der Waals surface area contributed by atoms with Gasteiger partial charge < -0.3 is 20.8 Å². The summed E-state index contributed by atoms with van der Waals surface area (Å²) in [6.07, 6.45) is 2.67. The Kier molecular flexibility index (Phi) is 9.21. The molecule has 0 fully saturated rings. The Morgan fingerprint density at radius 1 is 1.40 bits per heavy atom. The normalized spacial score (nSPS) is 12.4. The van der Waals surface area contributed by atoms with Gasteiger partial charge in [-0.3, -0.25) is 0 Å². The first-order chi connectivity index (χ1) is 7.20. The zero-order chi connectivity index (χ0) is 11.5. The molecule has 0 saturated heterocycles. The molecule has 0 saturated carbocycles. The summed E-state index contributed by atoms with van der Waals surface area (Å²) in [4.78, 5) is 10.5. The molecular formula is C10H22N2O3.